The van der Waals surface area contributed by atoms with Crippen molar-refractivity contribution in [3.05, 3.63) is 12.2 Å². The van der Waals surface area contributed by atoms with E-state index in [2.05, 4.69) is 6.58 Å². The quantitative estimate of drug-likeness (QED) is 0.565. The molecule has 0 radical (unpaired) electrons. The molecule has 0 heterocycles. The highest BCUT2D eigenvalue weighted by atomic mass is 16.3. The average molecular weight is 173 g/mol. The lowest BCUT2D eigenvalue weighted by molar-refractivity contribution is 0.114. The summed E-state index contributed by atoms with van der Waals surface area (Å²) in [6, 6.07) is 0. The van der Waals surface area contributed by atoms with E-state index in [1.165, 1.54) is 0 Å². The summed E-state index contributed by atoms with van der Waals surface area (Å²) in [6.45, 7) is 6.95. The lowest BCUT2D eigenvalue weighted by atomic mass is 10.1. The van der Waals surface area contributed by atoms with Crippen LogP contribution in [0.15, 0.2) is 12.2 Å². The summed E-state index contributed by atoms with van der Waals surface area (Å²) in [6.07, 6.45) is 0.273. The lowest BCUT2D eigenvalue weighted by Crippen LogP contribution is -2.31. The summed E-state index contributed by atoms with van der Waals surface area (Å²) in [5.41, 5.74) is 0.986. The molecule has 0 aliphatic rings. The molecule has 0 amide bonds. The molecule has 0 fully saturated rings. The van der Waals surface area contributed by atoms with Gasteiger partial charge in [-0.1, -0.05) is 5.57 Å². The van der Waals surface area contributed by atoms with Crippen LogP contribution in [0.25, 0.3) is 0 Å². The van der Waals surface area contributed by atoms with Crippen LogP contribution in [0, 0.1) is 0 Å². The summed E-state index contributed by atoms with van der Waals surface area (Å²) in [5.74, 6) is 0. The third-order valence-corrected chi connectivity index (χ3v) is 1.59. The highest BCUT2D eigenvalue weighted by Gasteiger charge is 2.07. The first-order valence-corrected chi connectivity index (χ1v) is 4.18. The molecule has 2 N–H and O–H groups in total. The van der Waals surface area contributed by atoms with Crippen molar-refractivity contribution in [2.75, 3.05) is 26.7 Å². The maximum absolute atomic E-state index is 9.43. The Kier molecular flexibility index (Phi) is 5.98. The number of nitrogens with zero attached hydrogens (tertiary/aromatic N) is 1. The SMILES string of the molecule is C=C(C)CC(O)CN(C)CCO. The van der Waals surface area contributed by atoms with Gasteiger partial charge in [0.15, 0.2) is 0 Å². The molecule has 0 spiro atoms. The van der Waals surface area contributed by atoms with Gasteiger partial charge in [0, 0.05) is 13.1 Å². The third-order valence-electron chi connectivity index (χ3n) is 1.59. The van der Waals surface area contributed by atoms with Crippen LogP contribution in [-0.4, -0.2) is 48.0 Å². The summed E-state index contributed by atoms with van der Waals surface area (Å²) in [5, 5.41) is 18.0. The van der Waals surface area contributed by atoms with Gasteiger partial charge >= 0.3 is 0 Å². The van der Waals surface area contributed by atoms with Crippen LogP contribution in [0.3, 0.4) is 0 Å². The average Bonchev–Trinajstić information content (AvgIpc) is 1.84. The molecule has 3 nitrogen and oxygen atoms in total. The van der Waals surface area contributed by atoms with Gasteiger partial charge in [-0.3, -0.25) is 0 Å². The van der Waals surface area contributed by atoms with Crippen LogP contribution in [0.1, 0.15) is 13.3 Å². The molecule has 0 saturated carbocycles. The number of hydrogen-bond donors (Lipinski definition) is 2. The molecular formula is C9H19NO2. The third kappa shape index (κ3) is 6.34. The maximum Gasteiger partial charge on any atom is 0.0703 e. The molecule has 1 atom stereocenters. The number of likely N-dealkylation sites (N-methyl/N-ethyl adjacent to an activating group) is 1. The predicted octanol–water partition coefficient (Wildman–Crippen LogP) is 0.238. The van der Waals surface area contributed by atoms with Crippen molar-refractivity contribution in [1.29, 1.82) is 0 Å². The molecule has 0 aliphatic heterocycles. The zero-order chi connectivity index (χ0) is 9.56. The standard InChI is InChI=1S/C9H19NO2/c1-8(2)6-9(12)7-10(3)4-5-11/h9,11-12H,1,4-7H2,2-3H3. The van der Waals surface area contributed by atoms with E-state index in [0.29, 0.717) is 19.5 Å². The van der Waals surface area contributed by atoms with Gasteiger partial charge in [0.25, 0.3) is 0 Å². The van der Waals surface area contributed by atoms with Crippen molar-refractivity contribution in [1.82, 2.24) is 4.90 Å². The van der Waals surface area contributed by atoms with Crippen LogP contribution in [0.2, 0.25) is 0 Å². The molecule has 0 saturated heterocycles. The molecule has 72 valence electrons. The van der Waals surface area contributed by atoms with Crippen molar-refractivity contribution in [2.45, 2.75) is 19.4 Å². The fourth-order valence-corrected chi connectivity index (χ4v) is 1.09. The highest BCUT2D eigenvalue weighted by molar-refractivity contribution is 4.90. The van der Waals surface area contributed by atoms with Gasteiger partial charge in [-0.15, -0.1) is 6.58 Å². The molecule has 0 aromatic carbocycles. The van der Waals surface area contributed by atoms with E-state index in [9.17, 15) is 5.11 Å². The van der Waals surface area contributed by atoms with E-state index in [1.807, 2.05) is 18.9 Å². The smallest absolute Gasteiger partial charge is 0.0703 e. The van der Waals surface area contributed by atoms with Gasteiger partial charge in [-0.05, 0) is 20.4 Å². The van der Waals surface area contributed by atoms with Crippen LogP contribution >= 0.6 is 0 Å². The monoisotopic (exact) mass is 173 g/mol. The zero-order valence-electron chi connectivity index (χ0n) is 7.95. The largest absolute Gasteiger partial charge is 0.395 e. The molecule has 0 rings (SSSR count). The van der Waals surface area contributed by atoms with Gasteiger partial charge in [0.1, 0.15) is 0 Å². The topological polar surface area (TPSA) is 43.7 Å². The fourth-order valence-electron chi connectivity index (χ4n) is 1.09. The second-order valence-electron chi connectivity index (χ2n) is 3.30. The Hall–Kier alpha value is -0.380. The Balaban J connectivity index is 3.53. The Morgan fingerprint density at radius 3 is 2.58 bits per heavy atom. The Morgan fingerprint density at radius 1 is 1.58 bits per heavy atom. The molecule has 3 heteroatoms. The number of rotatable bonds is 6. The molecule has 0 aromatic rings. The summed E-state index contributed by atoms with van der Waals surface area (Å²) >= 11 is 0. The van der Waals surface area contributed by atoms with Crippen molar-refractivity contribution in [2.24, 2.45) is 0 Å². The van der Waals surface area contributed by atoms with E-state index in [0.717, 1.165) is 5.57 Å². The fraction of sp³-hybridized carbons (Fsp3) is 0.778. The number of aliphatic hydroxyl groups excluding tert-OH is 2. The number of aliphatic hydroxyl groups is 2. The summed E-state index contributed by atoms with van der Waals surface area (Å²) in [7, 11) is 1.87. The minimum absolute atomic E-state index is 0.135. The lowest BCUT2D eigenvalue weighted by Gasteiger charge is -2.19. The zero-order valence-corrected chi connectivity index (χ0v) is 7.95. The summed E-state index contributed by atoms with van der Waals surface area (Å²) < 4.78 is 0. The van der Waals surface area contributed by atoms with Crippen molar-refractivity contribution < 1.29 is 10.2 Å². The Bertz CT molecular complexity index is 136. The minimum Gasteiger partial charge on any atom is -0.395 e. The van der Waals surface area contributed by atoms with Crippen molar-refractivity contribution >= 4 is 0 Å². The van der Waals surface area contributed by atoms with Gasteiger partial charge in [-0.2, -0.15) is 0 Å². The van der Waals surface area contributed by atoms with Crippen molar-refractivity contribution in [3.8, 4) is 0 Å². The summed E-state index contributed by atoms with van der Waals surface area (Å²) in [4.78, 5) is 1.90. The molecular weight excluding hydrogens is 154 g/mol. The molecule has 0 bridgehead atoms. The van der Waals surface area contributed by atoms with E-state index in [-0.39, 0.29) is 12.7 Å². The first-order chi connectivity index (χ1) is 5.56. The minimum atomic E-state index is -0.362. The Labute approximate surface area is 74.3 Å². The normalized spacial score (nSPS) is 13.4. The first-order valence-electron chi connectivity index (χ1n) is 4.18. The van der Waals surface area contributed by atoms with E-state index < -0.39 is 0 Å². The van der Waals surface area contributed by atoms with E-state index in [4.69, 9.17) is 5.11 Å². The predicted molar refractivity (Wildman–Crippen MR) is 50.0 cm³/mol. The highest BCUT2D eigenvalue weighted by Crippen LogP contribution is 2.02. The first kappa shape index (κ1) is 11.6. The van der Waals surface area contributed by atoms with Crippen LogP contribution < -0.4 is 0 Å². The molecule has 12 heavy (non-hydrogen) atoms. The van der Waals surface area contributed by atoms with Crippen LogP contribution in [-0.2, 0) is 0 Å². The van der Waals surface area contributed by atoms with Crippen LogP contribution in [0.5, 0.6) is 0 Å². The molecule has 0 aliphatic carbocycles. The van der Waals surface area contributed by atoms with Gasteiger partial charge in [-0.25, -0.2) is 0 Å². The molecule has 0 aromatic heterocycles. The number of hydrogen-bond acceptors (Lipinski definition) is 3. The second-order valence-corrected chi connectivity index (χ2v) is 3.30. The van der Waals surface area contributed by atoms with Gasteiger partial charge in [0.05, 0.1) is 12.7 Å². The Morgan fingerprint density at radius 2 is 2.17 bits per heavy atom. The van der Waals surface area contributed by atoms with Gasteiger partial charge < -0.3 is 15.1 Å². The van der Waals surface area contributed by atoms with Crippen molar-refractivity contribution in [3.63, 3.8) is 0 Å². The second kappa shape index (κ2) is 6.17. The van der Waals surface area contributed by atoms with E-state index in [1.54, 1.807) is 0 Å². The van der Waals surface area contributed by atoms with Crippen LogP contribution in [0.4, 0.5) is 0 Å². The maximum atomic E-state index is 9.43. The van der Waals surface area contributed by atoms with Gasteiger partial charge in [0.2, 0.25) is 0 Å². The van der Waals surface area contributed by atoms with E-state index >= 15 is 0 Å². The molecule has 1 unspecified atom stereocenters.